The van der Waals surface area contributed by atoms with Gasteiger partial charge in [-0.15, -0.1) is 0 Å². The fraction of sp³-hybridized carbons (Fsp3) is 0.647. The molecule has 0 amide bonds. The van der Waals surface area contributed by atoms with Crippen molar-refractivity contribution in [3.8, 4) is 0 Å². The van der Waals surface area contributed by atoms with E-state index in [1.807, 2.05) is 0 Å². The van der Waals surface area contributed by atoms with Gasteiger partial charge in [-0.1, -0.05) is 48.6 Å². The minimum Gasteiger partial charge on any atom is -0.310 e. The number of aryl methyl sites for hydroxylation is 2. The van der Waals surface area contributed by atoms with E-state index >= 15 is 0 Å². The molecule has 18 heavy (non-hydrogen) atoms. The first-order chi connectivity index (χ1) is 8.65. The summed E-state index contributed by atoms with van der Waals surface area (Å²) in [5, 5.41) is 3.72. The Hall–Kier alpha value is -0.820. The molecule has 1 aliphatic carbocycles. The molecule has 1 heteroatoms. The molecular formula is C17H27N. The number of nitrogens with one attached hydrogen (secondary N) is 1. The summed E-state index contributed by atoms with van der Waals surface area (Å²) >= 11 is 0. The summed E-state index contributed by atoms with van der Waals surface area (Å²) in [5.41, 5.74) is 4.17. The second kappa shape index (κ2) is 6.38. The van der Waals surface area contributed by atoms with Crippen molar-refractivity contribution in [1.29, 1.82) is 0 Å². The highest BCUT2D eigenvalue weighted by molar-refractivity contribution is 5.28. The summed E-state index contributed by atoms with van der Waals surface area (Å²) < 4.78 is 0. The summed E-state index contributed by atoms with van der Waals surface area (Å²) in [6.45, 7) is 7.74. The largest absolute Gasteiger partial charge is 0.310 e. The molecular weight excluding hydrogens is 218 g/mol. The van der Waals surface area contributed by atoms with Crippen LogP contribution in [0, 0.1) is 19.8 Å². The zero-order valence-corrected chi connectivity index (χ0v) is 12.1. The maximum Gasteiger partial charge on any atom is 0.0208 e. The highest BCUT2D eigenvalue weighted by atomic mass is 14.9. The minimum absolute atomic E-state index is 0.658. The van der Waals surface area contributed by atoms with Gasteiger partial charge in [0, 0.05) is 12.6 Å². The Morgan fingerprint density at radius 2 is 1.67 bits per heavy atom. The van der Waals surface area contributed by atoms with Gasteiger partial charge in [0.1, 0.15) is 0 Å². The maximum absolute atomic E-state index is 3.72. The summed E-state index contributed by atoms with van der Waals surface area (Å²) in [7, 11) is 0. The maximum atomic E-state index is 3.72. The van der Waals surface area contributed by atoms with E-state index in [1.54, 1.807) is 0 Å². The number of benzene rings is 1. The summed E-state index contributed by atoms with van der Waals surface area (Å²) in [6, 6.07) is 7.50. The zero-order chi connectivity index (χ0) is 13.0. The van der Waals surface area contributed by atoms with Crippen LogP contribution in [0.1, 0.15) is 55.7 Å². The van der Waals surface area contributed by atoms with Crippen LogP contribution >= 0.6 is 0 Å². The Morgan fingerprint density at radius 3 is 2.28 bits per heavy atom. The molecule has 1 fully saturated rings. The molecule has 0 spiro atoms. The predicted molar refractivity (Wildman–Crippen MR) is 78.8 cm³/mol. The van der Waals surface area contributed by atoms with Crippen molar-refractivity contribution in [1.82, 2.24) is 5.32 Å². The fourth-order valence-electron chi connectivity index (χ4n) is 3.25. The second-order valence-electron chi connectivity index (χ2n) is 6.06. The normalized spacial score (nSPS) is 18.8. The van der Waals surface area contributed by atoms with Crippen LogP contribution in [-0.2, 0) is 6.54 Å². The Bertz CT molecular complexity index is 357. The molecule has 1 N–H and O–H groups in total. The molecule has 0 aromatic heterocycles. The zero-order valence-electron chi connectivity index (χ0n) is 12.1. The number of hydrogen-bond donors (Lipinski definition) is 1. The smallest absolute Gasteiger partial charge is 0.0208 e. The lowest BCUT2D eigenvalue weighted by atomic mass is 9.84. The van der Waals surface area contributed by atoms with Crippen molar-refractivity contribution in [2.24, 2.45) is 5.92 Å². The lowest BCUT2D eigenvalue weighted by Gasteiger charge is -2.28. The van der Waals surface area contributed by atoms with Gasteiger partial charge >= 0.3 is 0 Å². The van der Waals surface area contributed by atoms with E-state index in [9.17, 15) is 0 Å². The Morgan fingerprint density at radius 1 is 1.06 bits per heavy atom. The van der Waals surface area contributed by atoms with Crippen molar-refractivity contribution in [3.05, 3.63) is 34.9 Å². The topological polar surface area (TPSA) is 12.0 Å². The Balaban J connectivity index is 1.86. The Labute approximate surface area is 112 Å². The third-order valence-corrected chi connectivity index (χ3v) is 4.27. The monoisotopic (exact) mass is 245 g/mol. The molecule has 1 aromatic rings. The van der Waals surface area contributed by atoms with E-state index in [2.05, 4.69) is 44.3 Å². The molecule has 1 nitrogen and oxygen atoms in total. The molecule has 1 atom stereocenters. The lowest BCUT2D eigenvalue weighted by molar-refractivity contribution is 0.280. The van der Waals surface area contributed by atoms with Crippen LogP contribution in [-0.4, -0.2) is 6.04 Å². The first-order valence-corrected chi connectivity index (χ1v) is 7.46. The van der Waals surface area contributed by atoms with Crippen LogP contribution in [0.4, 0.5) is 0 Å². The summed E-state index contributed by atoms with van der Waals surface area (Å²) in [4.78, 5) is 0. The van der Waals surface area contributed by atoms with Crippen molar-refractivity contribution >= 4 is 0 Å². The van der Waals surface area contributed by atoms with Gasteiger partial charge in [-0.2, -0.15) is 0 Å². The molecule has 0 heterocycles. The molecule has 1 saturated carbocycles. The molecule has 0 radical (unpaired) electrons. The van der Waals surface area contributed by atoms with E-state index < -0.39 is 0 Å². The van der Waals surface area contributed by atoms with Crippen molar-refractivity contribution in [2.45, 2.75) is 65.5 Å². The minimum atomic E-state index is 0.658. The van der Waals surface area contributed by atoms with Crippen LogP contribution in [0.3, 0.4) is 0 Å². The molecule has 0 saturated heterocycles. The van der Waals surface area contributed by atoms with Gasteiger partial charge in [-0.05, 0) is 45.1 Å². The van der Waals surface area contributed by atoms with Crippen LogP contribution in [0.15, 0.2) is 18.2 Å². The average molecular weight is 245 g/mol. The molecule has 2 rings (SSSR count). The summed E-state index contributed by atoms with van der Waals surface area (Å²) in [6.07, 6.45) is 7.14. The van der Waals surface area contributed by atoms with Gasteiger partial charge in [0.25, 0.3) is 0 Å². The van der Waals surface area contributed by atoms with Crippen LogP contribution in [0.2, 0.25) is 0 Å². The van der Waals surface area contributed by atoms with Gasteiger partial charge in [-0.25, -0.2) is 0 Å². The van der Waals surface area contributed by atoms with Crippen LogP contribution < -0.4 is 5.32 Å². The van der Waals surface area contributed by atoms with Crippen molar-refractivity contribution in [3.63, 3.8) is 0 Å². The van der Waals surface area contributed by atoms with Gasteiger partial charge in [0.05, 0.1) is 0 Å². The van der Waals surface area contributed by atoms with E-state index in [0.717, 1.165) is 12.5 Å². The van der Waals surface area contributed by atoms with Gasteiger partial charge in [0.15, 0.2) is 0 Å². The molecule has 100 valence electrons. The first-order valence-electron chi connectivity index (χ1n) is 7.46. The molecule has 1 aliphatic rings. The van der Waals surface area contributed by atoms with Gasteiger partial charge < -0.3 is 5.32 Å². The predicted octanol–water partition coefficient (Wildman–Crippen LogP) is 4.36. The van der Waals surface area contributed by atoms with Crippen LogP contribution in [0.25, 0.3) is 0 Å². The molecule has 0 bridgehead atoms. The highest BCUT2D eigenvalue weighted by Crippen LogP contribution is 2.26. The highest BCUT2D eigenvalue weighted by Gasteiger charge is 2.19. The summed E-state index contributed by atoms with van der Waals surface area (Å²) in [5.74, 6) is 0.893. The molecule has 1 aromatic carbocycles. The SMILES string of the molecule is Cc1cc(C)cc(CNC(C)C2CCCCC2)c1. The average Bonchev–Trinajstić information content (AvgIpc) is 2.36. The third kappa shape index (κ3) is 3.84. The second-order valence-corrected chi connectivity index (χ2v) is 6.06. The Kier molecular flexibility index (Phi) is 4.82. The van der Waals surface area contributed by atoms with E-state index in [0.29, 0.717) is 6.04 Å². The van der Waals surface area contributed by atoms with Gasteiger partial charge in [-0.3, -0.25) is 0 Å². The molecule has 1 unspecified atom stereocenters. The fourth-order valence-corrected chi connectivity index (χ4v) is 3.25. The van der Waals surface area contributed by atoms with Crippen LogP contribution in [0.5, 0.6) is 0 Å². The van der Waals surface area contributed by atoms with E-state index in [4.69, 9.17) is 0 Å². The van der Waals surface area contributed by atoms with Crippen molar-refractivity contribution in [2.75, 3.05) is 0 Å². The van der Waals surface area contributed by atoms with Gasteiger partial charge in [0.2, 0.25) is 0 Å². The lowest BCUT2D eigenvalue weighted by Crippen LogP contribution is -2.34. The number of rotatable bonds is 4. The molecule has 0 aliphatic heterocycles. The number of hydrogen-bond acceptors (Lipinski definition) is 1. The van der Waals surface area contributed by atoms with E-state index in [-0.39, 0.29) is 0 Å². The standard InChI is InChI=1S/C17H27N/c1-13-9-14(2)11-16(10-13)12-18-15(3)17-7-5-4-6-8-17/h9-11,15,17-18H,4-8,12H2,1-3H3. The van der Waals surface area contributed by atoms with Crippen molar-refractivity contribution < 1.29 is 0 Å². The third-order valence-electron chi connectivity index (χ3n) is 4.27. The first kappa shape index (κ1) is 13.6. The quantitative estimate of drug-likeness (QED) is 0.831. The van der Waals surface area contributed by atoms with E-state index in [1.165, 1.54) is 48.8 Å².